The molecule has 1 aliphatic carbocycles. The Morgan fingerprint density at radius 2 is 2.17 bits per heavy atom. The lowest BCUT2D eigenvalue weighted by molar-refractivity contribution is -0.149. The molecule has 29 heavy (non-hydrogen) atoms. The Kier molecular flexibility index (Phi) is 5.38. The number of carbonyl (C=O) groups excluding carboxylic acids is 1. The van der Waals surface area contributed by atoms with Gasteiger partial charge in [0.1, 0.15) is 11.3 Å². The van der Waals surface area contributed by atoms with E-state index in [-0.39, 0.29) is 17.5 Å². The highest BCUT2D eigenvalue weighted by Crippen LogP contribution is 2.40. The molecular weight excluding hydrogens is 370 g/mol. The highest BCUT2D eigenvalue weighted by Gasteiger charge is 2.44. The Morgan fingerprint density at radius 3 is 2.97 bits per heavy atom. The van der Waals surface area contributed by atoms with Gasteiger partial charge in [-0.25, -0.2) is 4.79 Å². The molecule has 4 rings (SSSR count). The van der Waals surface area contributed by atoms with E-state index in [1.165, 1.54) is 6.07 Å². The van der Waals surface area contributed by atoms with E-state index in [1.807, 2.05) is 17.9 Å². The first-order valence-electron chi connectivity index (χ1n) is 10.6. The number of amides is 1. The van der Waals surface area contributed by atoms with Crippen LogP contribution in [0, 0.1) is 5.92 Å². The quantitative estimate of drug-likeness (QED) is 0.798. The number of likely N-dealkylation sites (tertiary alicyclic amines) is 1. The van der Waals surface area contributed by atoms with E-state index in [2.05, 4.69) is 0 Å². The molecule has 0 bridgehead atoms. The van der Waals surface area contributed by atoms with Crippen LogP contribution in [0.25, 0.3) is 11.0 Å². The number of piperidine rings is 1. The molecule has 0 unspecified atom stereocenters. The summed E-state index contributed by atoms with van der Waals surface area (Å²) in [7, 11) is 0. The highest BCUT2D eigenvalue weighted by molar-refractivity contribution is 5.83. The highest BCUT2D eigenvalue weighted by atomic mass is 16.5. The summed E-state index contributed by atoms with van der Waals surface area (Å²) in [5.74, 6) is 0.589. The number of hydrogen-bond donors (Lipinski definition) is 1. The van der Waals surface area contributed by atoms with Crippen LogP contribution < -0.4 is 10.4 Å². The van der Waals surface area contributed by atoms with Crippen LogP contribution in [0.5, 0.6) is 5.75 Å². The fourth-order valence-corrected chi connectivity index (χ4v) is 4.86. The molecule has 1 saturated heterocycles. The summed E-state index contributed by atoms with van der Waals surface area (Å²) in [6.45, 7) is 4.89. The van der Waals surface area contributed by atoms with E-state index in [1.54, 1.807) is 19.1 Å². The summed E-state index contributed by atoms with van der Waals surface area (Å²) >= 11 is 0. The molecule has 2 aliphatic rings. The summed E-state index contributed by atoms with van der Waals surface area (Å²) in [5.41, 5.74) is 0.410. The van der Waals surface area contributed by atoms with Gasteiger partial charge < -0.3 is 19.2 Å². The fourth-order valence-electron chi connectivity index (χ4n) is 4.86. The zero-order valence-corrected chi connectivity index (χ0v) is 17.1. The van der Waals surface area contributed by atoms with Crippen molar-refractivity contribution in [2.75, 3.05) is 13.1 Å². The second kappa shape index (κ2) is 7.82. The van der Waals surface area contributed by atoms with Crippen LogP contribution in [0.1, 0.15) is 51.5 Å². The van der Waals surface area contributed by atoms with E-state index in [0.717, 1.165) is 43.1 Å². The zero-order valence-electron chi connectivity index (χ0n) is 17.1. The summed E-state index contributed by atoms with van der Waals surface area (Å²) in [5, 5.41) is 11.7. The monoisotopic (exact) mass is 399 g/mol. The first kappa shape index (κ1) is 20.0. The molecule has 6 heteroatoms. The Hall–Kier alpha value is -2.34. The smallest absolute Gasteiger partial charge is 0.336 e. The molecule has 1 aromatic heterocycles. The molecule has 0 spiro atoms. The van der Waals surface area contributed by atoms with Crippen molar-refractivity contribution >= 4 is 16.9 Å². The van der Waals surface area contributed by atoms with Crippen molar-refractivity contribution in [1.29, 1.82) is 0 Å². The predicted octanol–water partition coefficient (Wildman–Crippen LogP) is 3.28. The molecule has 6 nitrogen and oxygen atoms in total. The molecule has 0 radical (unpaired) electrons. The van der Waals surface area contributed by atoms with Crippen LogP contribution in [0.3, 0.4) is 0 Å². The molecule has 2 fully saturated rings. The van der Waals surface area contributed by atoms with Gasteiger partial charge in [0.25, 0.3) is 5.91 Å². The van der Waals surface area contributed by atoms with Gasteiger partial charge >= 0.3 is 5.63 Å². The minimum Gasteiger partial charge on any atom is -0.481 e. The molecule has 1 aliphatic heterocycles. The molecule has 1 aromatic carbocycles. The van der Waals surface area contributed by atoms with Crippen molar-refractivity contribution in [2.24, 2.45) is 5.92 Å². The van der Waals surface area contributed by atoms with Crippen molar-refractivity contribution in [3.63, 3.8) is 0 Å². The molecule has 2 aromatic rings. The number of hydrogen-bond acceptors (Lipinski definition) is 5. The number of fused-ring (bicyclic) bond motifs is 2. The lowest BCUT2D eigenvalue weighted by atomic mass is 9.71. The maximum Gasteiger partial charge on any atom is 0.336 e. The normalized spacial score (nSPS) is 25.5. The van der Waals surface area contributed by atoms with Crippen LogP contribution in [0.15, 0.2) is 33.5 Å². The van der Waals surface area contributed by atoms with Gasteiger partial charge in [0, 0.05) is 36.5 Å². The number of aryl methyl sites for hydroxylation is 1. The van der Waals surface area contributed by atoms with Crippen molar-refractivity contribution in [1.82, 2.24) is 4.90 Å². The van der Waals surface area contributed by atoms with Crippen molar-refractivity contribution in [3.05, 3.63) is 40.2 Å². The van der Waals surface area contributed by atoms with E-state index in [0.29, 0.717) is 30.8 Å². The SMILES string of the molecule is CCc1cc(=O)oc2cc(O[C@@H](C)C(=O)N3CC[C@@]4(O)CCCC[C@@H]4C3)ccc12. The maximum atomic E-state index is 12.9. The van der Waals surface area contributed by atoms with Gasteiger partial charge in [-0.2, -0.15) is 0 Å². The first-order chi connectivity index (χ1) is 13.9. The van der Waals surface area contributed by atoms with E-state index < -0.39 is 11.7 Å². The minimum absolute atomic E-state index is 0.0681. The third kappa shape index (κ3) is 3.90. The average molecular weight is 399 g/mol. The Labute approximate surface area is 170 Å². The van der Waals surface area contributed by atoms with E-state index >= 15 is 0 Å². The molecule has 156 valence electrons. The second-order valence-corrected chi connectivity index (χ2v) is 8.44. The molecule has 3 atom stereocenters. The Bertz CT molecular complexity index is 967. The third-order valence-electron chi connectivity index (χ3n) is 6.58. The molecule has 2 heterocycles. The molecular formula is C23H29NO5. The Balaban J connectivity index is 1.47. The molecule has 1 amide bonds. The lowest BCUT2D eigenvalue weighted by Gasteiger charge is -2.47. The third-order valence-corrected chi connectivity index (χ3v) is 6.58. The number of aliphatic hydroxyl groups is 1. The predicted molar refractivity (Wildman–Crippen MR) is 110 cm³/mol. The largest absolute Gasteiger partial charge is 0.481 e. The fraction of sp³-hybridized carbons (Fsp3) is 0.565. The molecule has 1 saturated carbocycles. The van der Waals surface area contributed by atoms with E-state index in [9.17, 15) is 14.7 Å². The van der Waals surface area contributed by atoms with Crippen molar-refractivity contribution in [2.45, 2.75) is 64.1 Å². The van der Waals surface area contributed by atoms with Gasteiger partial charge in [-0.3, -0.25) is 4.79 Å². The van der Waals surface area contributed by atoms with E-state index in [4.69, 9.17) is 9.15 Å². The van der Waals surface area contributed by atoms with Crippen LogP contribution in [-0.2, 0) is 11.2 Å². The summed E-state index contributed by atoms with van der Waals surface area (Å²) in [6.07, 6.45) is 4.72. The summed E-state index contributed by atoms with van der Waals surface area (Å²) in [6, 6.07) is 6.86. The zero-order chi connectivity index (χ0) is 20.6. The number of ether oxygens (including phenoxy) is 1. The molecule has 1 N–H and O–H groups in total. The van der Waals surface area contributed by atoms with Crippen molar-refractivity contribution in [3.8, 4) is 5.75 Å². The topological polar surface area (TPSA) is 80.0 Å². The summed E-state index contributed by atoms with van der Waals surface area (Å²) in [4.78, 5) is 26.5. The minimum atomic E-state index is -0.650. The van der Waals surface area contributed by atoms with Gasteiger partial charge in [0.2, 0.25) is 0 Å². The number of carbonyl (C=O) groups is 1. The standard InChI is InChI=1S/C23H29NO5/c1-3-16-12-21(25)29-20-13-18(7-8-19(16)20)28-15(2)22(26)24-11-10-23(27)9-5-4-6-17(23)14-24/h7-8,12-13,15,17,27H,3-6,9-11,14H2,1-2H3/t15-,17+,23-/m0/s1. The summed E-state index contributed by atoms with van der Waals surface area (Å²) < 4.78 is 11.2. The maximum absolute atomic E-state index is 12.9. The number of nitrogens with zero attached hydrogens (tertiary/aromatic N) is 1. The van der Waals surface area contributed by atoms with Gasteiger partial charge in [-0.1, -0.05) is 19.8 Å². The lowest BCUT2D eigenvalue weighted by Crippen LogP contribution is -2.56. The van der Waals surface area contributed by atoms with Crippen LogP contribution in [0.4, 0.5) is 0 Å². The van der Waals surface area contributed by atoms with Crippen LogP contribution >= 0.6 is 0 Å². The second-order valence-electron chi connectivity index (χ2n) is 8.44. The number of benzene rings is 1. The van der Waals surface area contributed by atoms with Crippen LogP contribution in [-0.4, -0.2) is 40.7 Å². The van der Waals surface area contributed by atoms with Crippen LogP contribution in [0.2, 0.25) is 0 Å². The average Bonchev–Trinajstić information content (AvgIpc) is 2.71. The van der Waals surface area contributed by atoms with Gasteiger partial charge in [0.15, 0.2) is 6.10 Å². The van der Waals surface area contributed by atoms with Crippen molar-refractivity contribution < 1.29 is 19.1 Å². The number of rotatable bonds is 4. The Morgan fingerprint density at radius 1 is 1.34 bits per heavy atom. The van der Waals surface area contributed by atoms with Gasteiger partial charge in [-0.15, -0.1) is 0 Å². The van der Waals surface area contributed by atoms with Gasteiger partial charge in [0.05, 0.1) is 5.60 Å². The first-order valence-corrected chi connectivity index (χ1v) is 10.6. The van der Waals surface area contributed by atoms with Gasteiger partial charge in [-0.05, 0) is 50.3 Å².